The van der Waals surface area contributed by atoms with Gasteiger partial charge in [0.15, 0.2) is 11.7 Å². The molecule has 0 saturated heterocycles. The lowest BCUT2D eigenvalue weighted by atomic mass is 10.2. The highest BCUT2D eigenvalue weighted by Gasteiger charge is 2.33. The summed E-state index contributed by atoms with van der Waals surface area (Å²) < 4.78 is 38.8. The first-order chi connectivity index (χ1) is 8.93. The molecule has 2 aromatic rings. The number of halogens is 3. The zero-order valence-electron chi connectivity index (χ0n) is 9.20. The van der Waals surface area contributed by atoms with Crippen molar-refractivity contribution in [3.8, 4) is 5.82 Å². The summed E-state index contributed by atoms with van der Waals surface area (Å²) in [5.41, 5.74) is 4.26. The van der Waals surface area contributed by atoms with E-state index in [1.165, 1.54) is 0 Å². The molecule has 0 unspecified atom stereocenters. The summed E-state index contributed by atoms with van der Waals surface area (Å²) in [5, 5.41) is 15.0. The summed E-state index contributed by atoms with van der Waals surface area (Å²) in [5.74, 6) is -0.616. The van der Waals surface area contributed by atoms with Crippen molar-refractivity contribution in [2.75, 3.05) is 0 Å². The minimum absolute atomic E-state index is 0.000926. The van der Waals surface area contributed by atoms with Gasteiger partial charge in [-0.05, 0) is 12.1 Å². The average Bonchev–Trinajstić information content (AvgIpc) is 2.89. The van der Waals surface area contributed by atoms with Crippen LogP contribution in [0.1, 0.15) is 11.3 Å². The molecular weight excluding hydrogens is 265 g/mol. The van der Waals surface area contributed by atoms with Gasteiger partial charge in [-0.25, -0.2) is 14.6 Å². The molecule has 7 nitrogen and oxygen atoms in total. The first-order valence-corrected chi connectivity index (χ1v) is 4.84. The number of hydrogen-bond donors (Lipinski definition) is 2. The third-order valence-corrected chi connectivity index (χ3v) is 2.19. The van der Waals surface area contributed by atoms with Gasteiger partial charge in [0.2, 0.25) is 0 Å². The standard InChI is InChI=1S/C9H7F3N6O/c10-9(11,12)6-2-1-5(7(13)17-19)8(16-6)18-4-14-3-15-18/h1-4,19H,(H2,13,17). The Morgan fingerprint density at radius 2 is 2.11 bits per heavy atom. The number of amidine groups is 1. The van der Waals surface area contributed by atoms with Gasteiger partial charge in [0, 0.05) is 0 Å². The Kier molecular flexibility index (Phi) is 3.07. The highest BCUT2D eigenvalue weighted by molar-refractivity contribution is 5.99. The van der Waals surface area contributed by atoms with Crippen LogP contribution in [0.2, 0.25) is 0 Å². The Morgan fingerprint density at radius 1 is 1.37 bits per heavy atom. The molecule has 0 aliphatic rings. The summed E-state index contributed by atoms with van der Waals surface area (Å²) in [7, 11) is 0. The van der Waals surface area contributed by atoms with Crippen LogP contribution in [-0.2, 0) is 6.18 Å². The van der Waals surface area contributed by atoms with E-state index < -0.39 is 11.9 Å². The van der Waals surface area contributed by atoms with Gasteiger partial charge in [0.25, 0.3) is 0 Å². The van der Waals surface area contributed by atoms with Crippen LogP contribution < -0.4 is 5.73 Å². The monoisotopic (exact) mass is 272 g/mol. The number of aromatic nitrogens is 4. The van der Waals surface area contributed by atoms with Crippen LogP contribution in [0.5, 0.6) is 0 Å². The lowest BCUT2D eigenvalue weighted by Crippen LogP contribution is -2.20. The fourth-order valence-electron chi connectivity index (χ4n) is 1.35. The van der Waals surface area contributed by atoms with Gasteiger partial charge >= 0.3 is 6.18 Å². The maximum Gasteiger partial charge on any atom is 0.433 e. The smallest absolute Gasteiger partial charge is 0.409 e. The van der Waals surface area contributed by atoms with E-state index in [-0.39, 0.29) is 17.2 Å². The second-order valence-electron chi connectivity index (χ2n) is 3.39. The van der Waals surface area contributed by atoms with E-state index in [1.54, 1.807) is 0 Å². The lowest BCUT2D eigenvalue weighted by molar-refractivity contribution is -0.141. The molecule has 0 radical (unpaired) electrons. The van der Waals surface area contributed by atoms with Gasteiger partial charge in [-0.3, -0.25) is 0 Å². The Hall–Kier alpha value is -2.65. The van der Waals surface area contributed by atoms with E-state index in [0.29, 0.717) is 0 Å². The van der Waals surface area contributed by atoms with E-state index >= 15 is 0 Å². The second-order valence-corrected chi connectivity index (χ2v) is 3.39. The molecule has 0 fully saturated rings. The van der Waals surface area contributed by atoms with E-state index in [4.69, 9.17) is 10.9 Å². The van der Waals surface area contributed by atoms with E-state index in [2.05, 4.69) is 20.2 Å². The van der Waals surface area contributed by atoms with Crippen LogP contribution in [0.4, 0.5) is 13.2 Å². The van der Waals surface area contributed by atoms with Crippen molar-refractivity contribution in [2.24, 2.45) is 10.9 Å². The lowest BCUT2D eigenvalue weighted by Gasteiger charge is -2.11. The topological polar surface area (TPSA) is 102 Å². The van der Waals surface area contributed by atoms with Crippen molar-refractivity contribution < 1.29 is 18.4 Å². The van der Waals surface area contributed by atoms with Crippen LogP contribution in [0, 0.1) is 0 Å². The molecule has 0 saturated carbocycles. The zero-order valence-corrected chi connectivity index (χ0v) is 9.20. The van der Waals surface area contributed by atoms with Crippen LogP contribution in [0.25, 0.3) is 5.82 Å². The SMILES string of the molecule is NC(=NO)c1ccc(C(F)(F)F)nc1-n1cncn1. The molecule has 0 aliphatic carbocycles. The van der Waals surface area contributed by atoms with Gasteiger partial charge in [-0.1, -0.05) is 5.16 Å². The van der Waals surface area contributed by atoms with Gasteiger partial charge in [-0.15, -0.1) is 0 Å². The Labute approximate surface area is 104 Å². The number of nitrogens with two attached hydrogens (primary N) is 1. The van der Waals surface area contributed by atoms with Gasteiger partial charge in [0.05, 0.1) is 5.56 Å². The quantitative estimate of drug-likeness (QED) is 0.364. The average molecular weight is 272 g/mol. The summed E-state index contributed by atoms with van der Waals surface area (Å²) in [6, 6.07) is 1.77. The maximum absolute atomic E-state index is 12.6. The molecule has 2 rings (SSSR count). The molecule has 0 aliphatic heterocycles. The first-order valence-electron chi connectivity index (χ1n) is 4.84. The largest absolute Gasteiger partial charge is 0.433 e. The van der Waals surface area contributed by atoms with Crippen molar-refractivity contribution >= 4 is 5.84 Å². The van der Waals surface area contributed by atoms with Gasteiger partial charge < -0.3 is 10.9 Å². The van der Waals surface area contributed by atoms with Gasteiger partial charge in [0.1, 0.15) is 18.3 Å². The molecule has 10 heteroatoms. The summed E-state index contributed by atoms with van der Waals surface area (Å²) in [6.07, 6.45) is -2.34. The van der Waals surface area contributed by atoms with Crippen molar-refractivity contribution in [3.63, 3.8) is 0 Å². The molecular formula is C9H7F3N6O. The third-order valence-electron chi connectivity index (χ3n) is 2.19. The van der Waals surface area contributed by atoms with E-state index in [1.807, 2.05) is 0 Å². The molecule has 3 N–H and O–H groups in total. The van der Waals surface area contributed by atoms with Crippen LogP contribution >= 0.6 is 0 Å². The van der Waals surface area contributed by atoms with Crippen LogP contribution in [0.3, 0.4) is 0 Å². The second kappa shape index (κ2) is 4.55. The molecule has 0 aromatic carbocycles. The molecule has 2 aromatic heterocycles. The predicted molar refractivity (Wildman–Crippen MR) is 56.7 cm³/mol. The summed E-state index contributed by atoms with van der Waals surface area (Å²) >= 11 is 0. The molecule has 0 spiro atoms. The fraction of sp³-hybridized carbons (Fsp3) is 0.111. The minimum Gasteiger partial charge on any atom is -0.409 e. The highest BCUT2D eigenvalue weighted by Crippen LogP contribution is 2.28. The highest BCUT2D eigenvalue weighted by atomic mass is 19.4. The van der Waals surface area contributed by atoms with Crippen molar-refractivity contribution in [1.82, 2.24) is 19.7 Å². The Morgan fingerprint density at radius 3 is 2.63 bits per heavy atom. The first kappa shape index (κ1) is 12.8. The van der Waals surface area contributed by atoms with E-state index in [9.17, 15) is 13.2 Å². The molecule has 0 amide bonds. The Balaban J connectivity index is 2.65. The van der Waals surface area contributed by atoms with Crippen LogP contribution in [-0.4, -0.2) is 30.8 Å². The zero-order chi connectivity index (χ0) is 14.0. The number of oxime groups is 1. The number of alkyl halides is 3. The normalized spacial score (nSPS) is 12.7. The molecule has 100 valence electrons. The number of nitrogens with zero attached hydrogens (tertiary/aromatic N) is 5. The fourth-order valence-corrected chi connectivity index (χ4v) is 1.35. The Bertz CT molecular complexity index is 607. The number of pyridine rings is 1. The number of rotatable bonds is 2. The molecule has 0 bridgehead atoms. The maximum atomic E-state index is 12.6. The predicted octanol–water partition coefficient (Wildman–Crippen LogP) is 0.776. The minimum atomic E-state index is -4.61. The van der Waals surface area contributed by atoms with E-state index in [0.717, 1.165) is 29.5 Å². The van der Waals surface area contributed by atoms with Crippen molar-refractivity contribution in [2.45, 2.75) is 6.18 Å². The summed E-state index contributed by atoms with van der Waals surface area (Å²) in [6.45, 7) is 0. The van der Waals surface area contributed by atoms with Gasteiger partial charge in [-0.2, -0.15) is 18.3 Å². The van der Waals surface area contributed by atoms with Crippen molar-refractivity contribution in [1.29, 1.82) is 0 Å². The molecule has 19 heavy (non-hydrogen) atoms. The molecule has 2 heterocycles. The number of hydrogen-bond acceptors (Lipinski definition) is 5. The summed E-state index contributed by atoms with van der Waals surface area (Å²) in [4.78, 5) is 7.02. The van der Waals surface area contributed by atoms with Crippen LogP contribution in [0.15, 0.2) is 29.9 Å². The third kappa shape index (κ3) is 2.46. The van der Waals surface area contributed by atoms with Crippen molar-refractivity contribution in [3.05, 3.63) is 36.0 Å². The molecule has 0 atom stereocenters.